The zero-order valence-electron chi connectivity index (χ0n) is 26.0. The Morgan fingerprint density at radius 1 is 1.17 bits per heavy atom. The summed E-state index contributed by atoms with van der Waals surface area (Å²) in [4.78, 5) is 28.1. The van der Waals surface area contributed by atoms with E-state index in [-0.39, 0.29) is 24.4 Å². The Morgan fingerprint density at radius 3 is 2.59 bits per heavy atom. The molecule has 2 aliphatic carbocycles. The van der Waals surface area contributed by atoms with E-state index in [2.05, 4.69) is 43.7 Å². The highest BCUT2D eigenvalue weighted by Crippen LogP contribution is 2.42. The maximum Gasteiger partial charge on any atom is 0.248 e. The molecule has 41 heavy (non-hydrogen) atoms. The van der Waals surface area contributed by atoms with E-state index in [1.54, 1.807) is 6.92 Å². The molecule has 7 nitrogen and oxygen atoms in total. The van der Waals surface area contributed by atoms with Crippen LogP contribution in [0.15, 0.2) is 6.20 Å². The summed E-state index contributed by atoms with van der Waals surface area (Å²) in [6.45, 7) is 14.8. The van der Waals surface area contributed by atoms with Crippen molar-refractivity contribution in [3.8, 4) is 11.1 Å². The van der Waals surface area contributed by atoms with Crippen molar-refractivity contribution >= 4 is 34.7 Å². The summed E-state index contributed by atoms with van der Waals surface area (Å²) in [7, 11) is 1.97. The number of rotatable bonds is 11. The summed E-state index contributed by atoms with van der Waals surface area (Å²) in [5, 5.41) is 8.37. The van der Waals surface area contributed by atoms with Crippen LogP contribution in [0.25, 0.3) is 34.2 Å². The summed E-state index contributed by atoms with van der Waals surface area (Å²) in [6, 6.07) is 0. The van der Waals surface area contributed by atoms with Crippen LogP contribution in [0, 0.1) is 5.92 Å². The first-order valence-corrected chi connectivity index (χ1v) is 15.5. The average Bonchev–Trinajstić information content (AvgIpc) is 3.47. The molecule has 0 spiro atoms. The van der Waals surface area contributed by atoms with Crippen LogP contribution in [-0.4, -0.2) is 56.7 Å². The molecule has 3 aromatic rings. The molecule has 220 valence electrons. The van der Waals surface area contributed by atoms with Crippen molar-refractivity contribution in [3.63, 3.8) is 0 Å². The molecule has 1 atom stereocenters. The lowest BCUT2D eigenvalue weighted by Crippen LogP contribution is -2.38. The molecule has 2 heterocycles. The van der Waals surface area contributed by atoms with Gasteiger partial charge in [-0.1, -0.05) is 33.3 Å². The third-order valence-corrected chi connectivity index (χ3v) is 8.68. The molecule has 0 saturated heterocycles. The highest BCUT2D eigenvalue weighted by atomic mass is 16.5. The molecule has 0 fully saturated rings. The Hall–Kier alpha value is -3.19. The summed E-state index contributed by atoms with van der Waals surface area (Å²) >= 11 is 0. The van der Waals surface area contributed by atoms with E-state index in [9.17, 15) is 9.59 Å². The van der Waals surface area contributed by atoms with Crippen LogP contribution in [-0.2, 0) is 42.4 Å². The van der Waals surface area contributed by atoms with Crippen molar-refractivity contribution in [1.29, 1.82) is 0 Å². The number of nitrogens with zero attached hydrogens (tertiary/aromatic N) is 4. The Kier molecular flexibility index (Phi) is 8.55. The van der Waals surface area contributed by atoms with Crippen LogP contribution in [0.2, 0.25) is 0 Å². The van der Waals surface area contributed by atoms with Crippen LogP contribution >= 0.6 is 0 Å². The molecule has 2 aromatic heterocycles. The van der Waals surface area contributed by atoms with Gasteiger partial charge < -0.3 is 14.2 Å². The molecule has 0 bridgehead atoms. The maximum absolute atomic E-state index is 13.6. The van der Waals surface area contributed by atoms with Crippen molar-refractivity contribution in [2.45, 2.75) is 92.7 Å². The first kappa shape index (κ1) is 29.3. The van der Waals surface area contributed by atoms with Gasteiger partial charge in [-0.05, 0) is 76.0 Å². The molecule has 0 aliphatic heterocycles. The third kappa shape index (κ3) is 5.29. The topological polar surface area (TPSA) is 69.4 Å². The molecule has 0 radical (unpaired) electrons. The van der Waals surface area contributed by atoms with E-state index in [4.69, 9.17) is 9.84 Å². The fourth-order valence-corrected chi connectivity index (χ4v) is 6.91. The molecule has 7 heteroatoms. The minimum atomic E-state index is -0.180. The van der Waals surface area contributed by atoms with Crippen LogP contribution in [0.5, 0.6) is 0 Å². The predicted octanol–water partition coefficient (Wildman–Crippen LogP) is 4.56. The number of aryl methyl sites for hydroxylation is 4. The molecule has 5 rings (SSSR count). The first-order valence-electron chi connectivity index (χ1n) is 15.5. The van der Waals surface area contributed by atoms with E-state index in [0.29, 0.717) is 19.0 Å². The Balaban J connectivity index is 1.80. The number of fused-ring (bicyclic) bond motifs is 7. The van der Waals surface area contributed by atoms with Gasteiger partial charge >= 0.3 is 0 Å². The van der Waals surface area contributed by atoms with Crippen molar-refractivity contribution in [2.75, 3.05) is 19.7 Å². The molecule has 0 saturated carbocycles. The first-order chi connectivity index (χ1) is 19.7. The number of aromatic nitrogens is 3. The van der Waals surface area contributed by atoms with Gasteiger partial charge in [0.05, 0.1) is 17.3 Å². The number of hydrogen-bond acceptors (Lipinski definition) is 4. The number of likely N-dealkylation sites (N-methyl/N-ethyl adjacent to an activating group) is 1. The quantitative estimate of drug-likeness (QED) is 0.324. The second kappa shape index (κ2) is 12.0. The molecule has 1 aromatic carbocycles. The van der Waals surface area contributed by atoms with E-state index in [1.165, 1.54) is 27.0 Å². The molecular formula is C34H46N4O3. The van der Waals surface area contributed by atoms with Gasteiger partial charge in [0.1, 0.15) is 6.61 Å². The third-order valence-electron chi connectivity index (χ3n) is 8.68. The number of carbonyl (C=O) groups is 2. The van der Waals surface area contributed by atoms with E-state index >= 15 is 0 Å². The van der Waals surface area contributed by atoms with Crippen LogP contribution in [0.1, 0.15) is 88.0 Å². The van der Waals surface area contributed by atoms with E-state index in [0.717, 1.165) is 73.0 Å². The zero-order valence-corrected chi connectivity index (χ0v) is 26.0. The number of unbranched alkanes of at least 4 members (excludes halogenated alkanes) is 1. The minimum absolute atomic E-state index is 0.0280. The second-order valence-corrected chi connectivity index (χ2v) is 12.1. The fraction of sp³-hybridized carbons (Fsp3) is 0.559. The Labute approximate surface area is 243 Å². The van der Waals surface area contributed by atoms with Crippen LogP contribution in [0.4, 0.5) is 0 Å². The minimum Gasteiger partial charge on any atom is -0.364 e. The van der Waals surface area contributed by atoms with Crippen molar-refractivity contribution in [2.24, 2.45) is 13.0 Å². The lowest BCUT2D eigenvalue weighted by molar-refractivity contribution is -0.136. The number of ketones is 1. The van der Waals surface area contributed by atoms with E-state index in [1.807, 2.05) is 30.5 Å². The fourth-order valence-electron chi connectivity index (χ4n) is 6.91. The molecule has 0 N–H and O–H groups in total. The largest absolute Gasteiger partial charge is 0.364 e. The molecule has 1 unspecified atom stereocenters. The maximum atomic E-state index is 13.6. The average molecular weight is 559 g/mol. The van der Waals surface area contributed by atoms with Gasteiger partial charge in [0.25, 0.3) is 0 Å². The van der Waals surface area contributed by atoms with Gasteiger partial charge in [-0.2, -0.15) is 5.10 Å². The SMILES string of the molecule is CCCCc1c(C(C)=O)c2c(c3c1c1c(n3CC(C)C)=CCC(OCC(=O)N(CC)CC)C=1)CCc1nn(C)cc1-2. The van der Waals surface area contributed by atoms with Gasteiger partial charge in [0.2, 0.25) is 5.91 Å². The summed E-state index contributed by atoms with van der Waals surface area (Å²) in [5.41, 5.74) is 7.87. The zero-order chi connectivity index (χ0) is 29.4. The number of ether oxygens (including phenoxy) is 1. The highest BCUT2D eigenvalue weighted by molar-refractivity contribution is 6.10. The standard InChI is InChI=1S/C34H46N4O3/c1-8-11-12-24-31(22(6)39)32-25(14-15-28-27(32)19-36(7)35-28)34-33(24)26-17-23(41-20-30(40)37(9-2)10-3)13-16-29(26)38(34)18-21(4)5/h16-17,19,21,23H,8-15,18,20H2,1-7H3. The molecular weight excluding hydrogens is 512 g/mol. The van der Waals surface area contributed by atoms with Crippen molar-refractivity contribution in [1.82, 2.24) is 19.2 Å². The number of benzene rings is 1. The van der Waals surface area contributed by atoms with Crippen LogP contribution in [0.3, 0.4) is 0 Å². The smallest absolute Gasteiger partial charge is 0.248 e. The van der Waals surface area contributed by atoms with E-state index < -0.39 is 0 Å². The lowest BCUT2D eigenvalue weighted by atomic mass is 9.80. The van der Waals surface area contributed by atoms with Gasteiger partial charge in [-0.15, -0.1) is 0 Å². The van der Waals surface area contributed by atoms with Gasteiger partial charge in [0, 0.05) is 65.5 Å². The monoisotopic (exact) mass is 558 g/mol. The number of amides is 1. The Morgan fingerprint density at radius 2 is 1.93 bits per heavy atom. The molecule has 2 aliphatic rings. The van der Waals surface area contributed by atoms with Gasteiger partial charge in [0.15, 0.2) is 5.78 Å². The highest BCUT2D eigenvalue weighted by Gasteiger charge is 2.32. The van der Waals surface area contributed by atoms with Gasteiger partial charge in [-0.25, -0.2) is 0 Å². The van der Waals surface area contributed by atoms with Crippen molar-refractivity contribution in [3.05, 3.63) is 39.1 Å². The predicted molar refractivity (Wildman–Crippen MR) is 165 cm³/mol. The Bertz CT molecular complexity index is 1600. The second-order valence-electron chi connectivity index (χ2n) is 12.1. The normalized spacial score (nSPS) is 15.8. The molecule has 1 amide bonds. The summed E-state index contributed by atoms with van der Waals surface area (Å²) in [5.74, 6) is 0.609. The summed E-state index contributed by atoms with van der Waals surface area (Å²) in [6.07, 6.45) is 11.8. The van der Waals surface area contributed by atoms with Gasteiger partial charge in [-0.3, -0.25) is 14.3 Å². The number of carbonyl (C=O) groups excluding carboxylic acids is 2. The van der Waals surface area contributed by atoms with Crippen LogP contribution < -0.4 is 10.6 Å². The summed E-state index contributed by atoms with van der Waals surface area (Å²) < 4.78 is 10.6. The number of hydrogen-bond donors (Lipinski definition) is 0. The lowest BCUT2D eigenvalue weighted by Gasteiger charge is -2.24. The van der Waals surface area contributed by atoms with Crippen molar-refractivity contribution < 1.29 is 14.3 Å². The number of Topliss-reactive ketones (excluding diaryl/α,β-unsaturated/α-hetero) is 1.